The summed E-state index contributed by atoms with van der Waals surface area (Å²) in [6, 6.07) is 7.75. The second kappa shape index (κ2) is 12.2. The van der Waals surface area contributed by atoms with Crippen LogP contribution < -0.4 is 0 Å². The molecule has 0 bridgehead atoms. The number of allylic oxidation sites excluding steroid dienone is 1. The Labute approximate surface area is 93.6 Å². The summed E-state index contributed by atoms with van der Waals surface area (Å²) in [6.07, 6.45) is 4.04. The van der Waals surface area contributed by atoms with E-state index in [1.807, 2.05) is 71.0 Å². The van der Waals surface area contributed by atoms with Crippen LogP contribution in [0.1, 0.15) is 40.2 Å². The van der Waals surface area contributed by atoms with E-state index in [0.29, 0.717) is 0 Å². The minimum absolute atomic E-state index is 0.785. The van der Waals surface area contributed by atoms with Crippen molar-refractivity contribution in [2.45, 2.75) is 34.6 Å². The van der Waals surface area contributed by atoms with Crippen LogP contribution in [0.15, 0.2) is 30.3 Å². The minimum Gasteiger partial charge on any atom is -0.0871 e. The third-order valence-corrected chi connectivity index (χ3v) is 1.48. The van der Waals surface area contributed by atoms with Gasteiger partial charge >= 0.3 is 0 Å². The predicted molar refractivity (Wildman–Crippen MR) is 68.9 cm³/mol. The van der Waals surface area contributed by atoms with Crippen molar-refractivity contribution >= 4 is 17.7 Å². The zero-order valence-corrected chi connectivity index (χ0v) is 10.6. The predicted octanol–water partition coefficient (Wildman–Crippen LogP) is 5.43. The Morgan fingerprint density at radius 1 is 0.929 bits per heavy atom. The maximum absolute atomic E-state index is 5.69. The molecule has 0 fully saturated rings. The smallest absolute Gasteiger partial charge is 0.0406 e. The number of hydrogen-bond acceptors (Lipinski definition) is 0. The molecule has 0 saturated heterocycles. The molecule has 0 heterocycles. The van der Waals surface area contributed by atoms with Gasteiger partial charge < -0.3 is 0 Å². The summed E-state index contributed by atoms with van der Waals surface area (Å²) in [7, 11) is 0. The fourth-order valence-electron chi connectivity index (χ4n) is 0.766. The van der Waals surface area contributed by atoms with Gasteiger partial charge in [0.2, 0.25) is 0 Å². The van der Waals surface area contributed by atoms with Crippen LogP contribution in [0.25, 0.3) is 6.08 Å². The molecule has 0 atom stereocenters. The van der Waals surface area contributed by atoms with E-state index in [0.717, 1.165) is 5.02 Å². The molecule has 1 heteroatoms. The fraction of sp³-hybridized carbons (Fsp3) is 0.385. The van der Waals surface area contributed by atoms with Crippen LogP contribution in [-0.2, 0) is 0 Å². The minimum atomic E-state index is 0.785. The van der Waals surface area contributed by atoms with E-state index in [4.69, 9.17) is 11.6 Å². The lowest BCUT2D eigenvalue weighted by Crippen LogP contribution is -1.68. The van der Waals surface area contributed by atoms with Gasteiger partial charge in [0.15, 0.2) is 0 Å². The van der Waals surface area contributed by atoms with Crippen molar-refractivity contribution in [3.05, 3.63) is 40.9 Å². The van der Waals surface area contributed by atoms with E-state index < -0.39 is 0 Å². The van der Waals surface area contributed by atoms with Crippen molar-refractivity contribution in [1.29, 1.82) is 0 Å². The number of halogens is 1. The second-order valence-electron chi connectivity index (χ2n) is 2.05. The molecular formula is C13H21Cl. The van der Waals surface area contributed by atoms with Crippen molar-refractivity contribution in [2.75, 3.05) is 0 Å². The molecule has 1 aromatic carbocycles. The Kier molecular flexibility index (Phi) is 13.7. The standard InChI is InChI=1S/C9H9Cl.2C2H6/c1-2-3-8-4-6-9(10)7-5-8;2*1-2/h2-7H,1H3;2*1-2H3/b3-2+;;. The molecule has 0 saturated carbocycles. The maximum Gasteiger partial charge on any atom is 0.0406 e. The highest BCUT2D eigenvalue weighted by molar-refractivity contribution is 6.30. The van der Waals surface area contributed by atoms with Crippen molar-refractivity contribution < 1.29 is 0 Å². The highest BCUT2D eigenvalue weighted by atomic mass is 35.5. The fourth-order valence-corrected chi connectivity index (χ4v) is 0.892. The van der Waals surface area contributed by atoms with Crippen molar-refractivity contribution in [3.8, 4) is 0 Å². The summed E-state index contributed by atoms with van der Waals surface area (Å²) in [4.78, 5) is 0. The van der Waals surface area contributed by atoms with Gasteiger partial charge in [-0.2, -0.15) is 0 Å². The first-order valence-corrected chi connectivity index (χ1v) is 5.59. The van der Waals surface area contributed by atoms with E-state index in [-0.39, 0.29) is 0 Å². The molecule has 0 amide bonds. The molecule has 0 radical (unpaired) electrons. The Morgan fingerprint density at radius 3 is 1.71 bits per heavy atom. The van der Waals surface area contributed by atoms with Crippen molar-refractivity contribution in [1.82, 2.24) is 0 Å². The van der Waals surface area contributed by atoms with E-state index >= 15 is 0 Å². The van der Waals surface area contributed by atoms with Gasteiger partial charge in [0.1, 0.15) is 0 Å². The first-order valence-electron chi connectivity index (χ1n) is 5.21. The molecule has 0 aromatic heterocycles. The van der Waals surface area contributed by atoms with Crippen LogP contribution in [0, 0.1) is 0 Å². The average molecular weight is 213 g/mol. The number of hydrogen-bond donors (Lipinski definition) is 0. The topological polar surface area (TPSA) is 0 Å². The second-order valence-corrected chi connectivity index (χ2v) is 2.49. The number of benzene rings is 1. The Hall–Kier alpha value is -0.750. The first kappa shape index (κ1) is 15.7. The molecule has 80 valence electrons. The summed E-state index contributed by atoms with van der Waals surface area (Å²) in [6.45, 7) is 9.99. The molecule has 0 aliphatic carbocycles. The lowest BCUT2D eigenvalue weighted by Gasteiger charge is -1.90. The molecule has 14 heavy (non-hydrogen) atoms. The summed E-state index contributed by atoms with van der Waals surface area (Å²) in [5.74, 6) is 0. The molecule has 0 aliphatic heterocycles. The van der Waals surface area contributed by atoms with Gasteiger partial charge in [-0.15, -0.1) is 0 Å². The highest BCUT2D eigenvalue weighted by Gasteiger charge is 1.84. The zero-order valence-electron chi connectivity index (χ0n) is 9.84. The third kappa shape index (κ3) is 7.88. The highest BCUT2D eigenvalue weighted by Crippen LogP contribution is 2.10. The number of rotatable bonds is 1. The lowest BCUT2D eigenvalue weighted by atomic mass is 10.2. The molecule has 0 spiro atoms. The SMILES string of the molecule is C/C=C/c1ccc(Cl)cc1.CC.CC. The van der Waals surface area contributed by atoms with Crippen LogP contribution in [0.3, 0.4) is 0 Å². The summed E-state index contributed by atoms with van der Waals surface area (Å²) >= 11 is 5.69. The van der Waals surface area contributed by atoms with Crippen LogP contribution in [0.2, 0.25) is 5.02 Å². The molecular weight excluding hydrogens is 192 g/mol. The van der Waals surface area contributed by atoms with Crippen LogP contribution >= 0.6 is 11.6 Å². The van der Waals surface area contributed by atoms with E-state index in [1.165, 1.54) is 5.56 Å². The Morgan fingerprint density at radius 2 is 1.36 bits per heavy atom. The molecule has 0 unspecified atom stereocenters. The van der Waals surface area contributed by atoms with Crippen LogP contribution in [-0.4, -0.2) is 0 Å². The average Bonchev–Trinajstić information content (AvgIpc) is 2.28. The molecule has 0 N–H and O–H groups in total. The Bertz CT molecular complexity index is 221. The van der Waals surface area contributed by atoms with Crippen LogP contribution in [0.5, 0.6) is 0 Å². The molecule has 1 rings (SSSR count). The van der Waals surface area contributed by atoms with Gasteiger partial charge in [-0.05, 0) is 24.6 Å². The van der Waals surface area contributed by atoms with Crippen molar-refractivity contribution in [3.63, 3.8) is 0 Å². The maximum atomic E-state index is 5.69. The molecule has 0 aliphatic rings. The van der Waals surface area contributed by atoms with Crippen LogP contribution in [0.4, 0.5) is 0 Å². The van der Waals surface area contributed by atoms with Gasteiger partial charge in [-0.25, -0.2) is 0 Å². The summed E-state index contributed by atoms with van der Waals surface area (Å²) < 4.78 is 0. The van der Waals surface area contributed by atoms with Gasteiger partial charge in [-0.1, -0.05) is 63.6 Å². The van der Waals surface area contributed by atoms with Gasteiger partial charge in [-0.3, -0.25) is 0 Å². The lowest BCUT2D eigenvalue weighted by molar-refractivity contribution is 1.50. The summed E-state index contributed by atoms with van der Waals surface area (Å²) in [5, 5.41) is 0.785. The zero-order chi connectivity index (χ0) is 11.4. The van der Waals surface area contributed by atoms with Crippen molar-refractivity contribution in [2.24, 2.45) is 0 Å². The normalized spacial score (nSPS) is 8.43. The Balaban J connectivity index is 0. The largest absolute Gasteiger partial charge is 0.0871 e. The van der Waals surface area contributed by atoms with E-state index in [9.17, 15) is 0 Å². The quantitative estimate of drug-likeness (QED) is 0.583. The van der Waals surface area contributed by atoms with Gasteiger partial charge in [0.05, 0.1) is 0 Å². The van der Waals surface area contributed by atoms with Gasteiger partial charge in [0.25, 0.3) is 0 Å². The molecule has 0 nitrogen and oxygen atoms in total. The molecule has 1 aromatic rings. The first-order chi connectivity index (χ1) is 6.83. The van der Waals surface area contributed by atoms with E-state index in [2.05, 4.69) is 0 Å². The third-order valence-electron chi connectivity index (χ3n) is 1.23. The van der Waals surface area contributed by atoms with Gasteiger partial charge in [0, 0.05) is 5.02 Å². The van der Waals surface area contributed by atoms with E-state index in [1.54, 1.807) is 0 Å². The summed E-state index contributed by atoms with van der Waals surface area (Å²) in [5.41, 5.74) is 1.19. The monoisotopic (exact) mass is 212 g/mol.